The number of nitrogens with zero attached hydrogens (tertiary/aromatic N) is 3. The van der Waals surface area contributed by atoms with Crippen LogP contribution in [0.1, 0.15) is 17.0 Å². The van der Waals surface area contributed by atoms with Crippen molar-refractivity contribution in [3.8, 4) is 0 Å². The molecular formula is C15H15ClFN3O. The van der Waals surface area contributed by atoms with E-state index in [1.54, 1.807) is 27.7 Å². The average Bonchev–Trinajstić information content (AvgIpc) is 2.76. The Hall–Kier alpha value is -1.88. The highest BCUT2D eigenvalue weighted by atomic mass is 35.5. The van der Waals surface area contributed by atoms with Gasteiger partial charge >= 0.3 is 0 Å². The molecule has 0 bridgehead atoms. The summed E-state index contributed by atoms with van der Waals surface area (Å²) in [5.41, 5.74) is 2.32. The molecule has 0 unspecified atom stereocenters. The van der Waals surface area contributed by atoms with Crippen molar-refractivity contribution in [2.24, 2.45) is 7.05 Å². The number of halogens is 2. The molecule has 0 aliphatic carbocycles. The number of carbonyl (C=O) groups excluding carboxylic acids is 1. The molecule has 1 amide bonds. The van der Waals surface area contributed by atoms with Crippen LogP contribution in [0.3, 0.4) is 0 Å². The predicted octanol–water partition coefficient (Wildman–Crippen LogP) is 2.34. The third kappa shape index (κ3) is 2.65. The van der Waals surface area contributed by atoms with Gasteiger partial charge < -0.3 is 9.47 Å². The monoisotopic (exact) mass is 307 g/mol. The van der Waals surface area contributed by atoms with E-state index in [2.05, 4.69) is 4.98 Å². The molecule has 3 rings (SSSR count). The van der Waals surface area contributed by atoms with Gasteiger partial charge in [0.1, 0.15) is 5.82 Å². The number of aromatic nitrogens is 2. The van der Waals surface area contributed by atoms with Gasteiger partial charge in [0.05, 0.1) is 24.4 Å². The normalized spacial score (nSPS) is 14.1. The van der Waals surface area contributed by atoms with Crippen LogP contribution >= 0.6 is 11.6 Å². The number of benzene rings is 1. The van der Waals surface area contributed by atoms with Crippen LogP contribution in [0.2, 0.25) is 5.28 Å². The SMILES string of the molecule is Cn1c(Cl)nc2c1CN(C(=O)Cc1ccccc1F)CC2. The van der Waals surface area contributed by atoms with Crippen LogP contribution in [0.25, 0.3) is 0 Å². The Balaban J connectivity index is 1.75. The van der Waals surface area contributed by atoms with Crippen molar-refractivity contribution in [3.05, 3.63) is 52.3 Å². The summed E-state index contributed by atoms with van der Waals surface area (Å²) < 4.78 is 15.4. The fourth-order valence-electron chi connectivity index (χ4n) is 2.58. The van der Waals surface area contributed by atoms with Gasteiger partial charge in [-0.3, -0.25) is 4.79 Å². The Morgan fingerprint density at radius 2 is 2.19 bits per heavy atom. The van der Waals surface area contributed by atoms with E-state index in [1.165, 1.54) is 6.07 Å². The summed E-state index contributed by atoms with van der Waals surface area (Å²) in [4.78, 5) is 18.3. The van der Waals surface area contributed by atoms with Gasteiger partial charge in [0, 0.05) is 20.0 Å². The minimum Gasteiger partial charge on any atom is -0.336 e. The average molecular weight is 308 g/mol. The Kier molecular flexibility index (Phi) is 3.68. The van der Waals surface area contributed by atoms with E-state index in [4.69, 9.17) is 11.6 Å². The van der Waals surface area contributed by atoms with E-state index in [9.17, 15) is 9.18 Å². The van der Waals surface area contributed by atoms with Crippen molar-refractivity contribution < 1.29 is 9.18 Å². The summed E-state index contributed by atoms with van der Waals surface area (Å²) >= 11 is 6.00. The lowest BCUT2D eigenvalue weighted by atomic mass is 10.1. The van der Waals surface area contributed by atoms with E-state index >= 15 is 0 Å². The molecule has 4 nitrogen and oxygen atoms in total. The van der Waals surface area contributed by atoms with Crippen LogP contribution in [0.5, 0.6) is 0 Å². The molecule has 110 valence electrons. The van der Waals surface area contributed by atoms with Gasteiger partial charge in [-0.1, -0.05) is 18.2 Å². The van der Waals surface area contributed by atoms with Crippen molar-refractivity contribution in [1.82, 2.24) is 14.5 Å². The van der Waals surface area contributed by atoms with Crippen molar-refractivity contribution in [1.29, 1.82) is 0 Å². The molecule has 0 saturated carbocycles. The highest BCUT2D eigenvalue weighted by molar-refractivity contribution is 6.28. The largest absolute Gasteiger partial charge is 0.336 e. The van der Waals surface area contributed by atoms with Crippen molar-refractivity contribution in [2.75, 3.05) is 6.54 Å². The summed E-state index contributed by atoms with van der Waals surface area (Å²) in [6.07, 6.45) is 0.756. The molecule has 0 saturated heterocycles. The molecule has 1 aromatic carbocycles. The number of hydrogen-bond acceptors (Lipinski definition) is 2. The minimum absolute atomic E-state index is 0.0770. The summed E-state index contributed by atoms with van der Waals surface area (Å²) in [6.45, 7) is 1.06. The van der Waals surface area contributed by atoms with Crippen molar-refractivity contribution >= 4 is 17.5 Å². The fourth-order valence-corrected chi connectivity index (χ4v) is 2.79. The first kappa shape index (κ1) is 14.1. The second-order valence-corrected chi connectivity index (χ2v) is 5.50. The molecule has 2 heterocycles. The summed E-state index contributed by atoms with van der Waals surface area (Å²) in [7, 11) is 1.83. The molecule has 0 N–H and O–H groups in total. The van der Waals surface area contributed by atoms with Gasteiger partial charge in [-0.2, -0.15) is 0 Å². The van der Waals surface area contributed by atoms with Gasteiger partial charge in [-0.05, 0) is 23.2 Å². The zero-order valence-corrected chi connectivity index (χ0v) is 12.4. The zero-order chi connectivity index (χ0) is 15.0. The van der Waals surface area contributed by atoms with Crippen LogP contribution < -0.4 is 0 Å². The third-order valence-electron chi connectivity index (χ3n) is 3.85. The topological polar surface area (TPSA) is 38.1 Å². The molecule has 1 aromatic heterocycles. The number of fused-ring (bicyclic) bond motifs is 1. The Labute approximate surface area is 127 Å². The van der Waals surface area contributed by atoms with E-state index in [0.717, 1.165) is 11.4 Å². The van der Waals surface area contributed by atoms with Crippen LogP contribution in [-0.4, -0.2) is 26.9 Å². The molecule has 6 heteroatoms. The van der Waals surface area contributed by atoms with Crippen molar-refractivity contribution in [3.63, 3.8) is 0 Å². The maximum atomic E-state index is 13.6. The molecule has 0 radical (unpaired) electrons. The lowest BCUT2D eigenvalue weighted by Crippen LogP contribution is -2.37. The molecule has 1 aliphatic rings. The van der Waals surface area contributed by atoms with Gasteiger partial charge in [0.25, 0.3) is 0 Å². The second kappa shape index (κ2) is 5.48. The Morgan fingerprint density at radius 1 is 1.43 bits per heavy atom. The van der Waals surface area contributed by atoms with E-state index in [1.807, 2.05) is 7.05 Å². The standard InChI is InChI=1S/C15H15ClFN3O/c1-19-13-9-20(7-6-12(13)18-15(19)16)14(21)8-10-4-2-3-5-11(10)17/h2-5H,6-9H2,1H3. The van der Waals surface area contributed by atoms with Gasteiger partial charge in [0.2, 0.25) is 11.2 Å². The van der Waals surface area contributed by atoms with E-state index < -0.39 is 0 Å². The smallest absolute Gasteiger partial charge is 0.227 e. The first-order chi connectivity index (χ1) is 10.1. The van der Waals surface area contributed by atoms with Gasteiger partial charge in [0.15, 0.2) is 0 Å². The molecule has 2 aromatic rings. The van der Waals surface area contributed by atoms with Crippen LogP contribution in [-0.2, 0) is 31.2 Å². The quantitative estimate of drug-likeness (QED) is 0.854. The van der Waals surface area contributed by atoms with Gasteiger partial charge in [-0.25, -0.2) is 9.37 Å². The maximum Gasteiger partial charge on any atom is 0.227 e. The number of rotatable bonds is 2. The Morgan fingerprint density at radius 3 is 2.95 bits per heavy atom. The number of amides is 1. The summed E-state index contributed by atoms with van der Waals surface area (Å²) in [6, 6.07) is 6.37. The minimum atomic E-state index is -0.341. The molecule has 1 aliphatic heterocycles. The molecule has 21 heavy (non-hydrogen) atoms. The highest BCUT2D eigenvalue weighted by Gasteiger charge is 2.25. The zero-order valence-electron chi connectivity index (χ0n) is 11.6. The van der Waals surface area contributed by atoms with Crippen LogP contribution in [0.15, 0.2) is 24.3 Å². The maximum absolute atomic E-state index is 13.6. The van der Waals surface area contributed by atoms with E-state index in [-0.39, 0.29) is 18.1 Å². The lowest BCUT2D eigenvalue weighted by molar-refractivity contribution is -0.131. The third-order valence-corrected chi connectivity index (χ3v) is 4.19. The molecule has 0 fully saturated rings. The van der Waals surface area contributed by atoms with Crippen molar-refractivity contribution in [2.45, 2.75) is 19.4 Å². The Bertz CT molecular complexity index is 698. The van der Waals surface area contributed by atoms with Crippen LogP contribution in [0.4, 0.5) is 4.39 Å². The predicted molar refractivity (Wildman–Crippen MR) is 77.4 cm³/mol. The van der Waals surface area contributed by atoms with Crippen LogP contribution in [0, 0.1) is 5.82 Å². The van der Waals surface area contributed by atoms with E-state index in [0.29, 0.717) is 30.4 Å². The second-order valence-electron chi connectivity index (χ2n) is 5.17. The first-order valence-corrected chi connectivity index (χ1v) is 7.15. The fraction of sp³-hybridized carbons (Fsp3) is 0.333. The summed E-state index contributed by atoms with van der Waals surface area (Å²) in [5.74, 6) is -0.421. The first-order valence-electron chi connectivity index (χ1n) is 6.77. The number of hydrogen-bond donors (Lipinski definition) is 0. The number of imidazole rings is 1. The molecular weight excluding hydrogens is 293 g/mol. The highest BCUT2D eigenvalue weighted by Crippen LogP contribution is 2.22. The lowest BCUT2D eigenvalue weighted by Gasteiger charge is -2.27. The molecule has 0 spiro atoms. The van der Waals surface area contributed by atoms with Gasteiger partial charge in [-0.15, -0.1) is 0 Å². The molecule has 0 atom stereocenters. The summed E-state index contributed by atoms with van der Waals surface area (Å²) in [5, 5.41) is 0.434. The number of carbonyl (C=O) groups is 1.